The van der Waals surface area contributed by atoms with Crippen molar-refractivity contribution >= 4 is 5.78 Å². The molecule has 4 rings (SSSR count). The molecule has 108 valence electrons. The number of hydrogen-bond donors (Lipinski definition) is 0. The Bertz CT molecular complexity index is 512. The number of allylic oxidation sites excluding steroid dienone is 4. The van der Waals surface area contributed by atoms with Crippen LogP contribution in [0.1, 0.15) is 58.8 Å². The maximum absolute atomic E-state index is 11.8. The van der Waals surface area contributed by atoms with Gasteiger partial charge in [-0.2, -0.15) is 0 Å². The van der Waals surface area contributed by atoms with Crippen LogP contribution in [0.3, 0.4) is 0 Å². The molecule has 0 saturated heterocycles. The highest BCUT2D eigenvalue weighted by molar-refractivity contribution is 5.91. The average molecular weight is 270 g/mol. The third-order valence-corrected chi connectivity index (χ3v) is 7.05. The molecule has 0 bridgehead atoms. The summed E-state index contributed by atoms with van der Waals surface area (Å²) in [6, 6.07) is 0. The second-order valence-electron chi connectivity index (χ2n) is 7.91. The molecule has 0 aliphatic heterocycles. The van der Waals surface area contributed by atoms with Crippen LogP contribution in [0.25, 0.3) is 0 Å². The number of hydrogen-bond acceptors (Lipinski definition) is 1. The molecule has 1 nitrogen and oxygen atoms in total. The second kappa shape index (κ2) is 4.32. The van der Waals surface area contributed by atoms with E-state index in [1.54, 1.807) is 0 Å². The van der Waals surface area contributed by atoms with Crippen LogP contribution in [0, 0.1) is 29.1 Å². The van der Waals surface area contributed by atoms with Crippen molar-refractivity contribution in [1.82, 2.24) is 0 Å². The van der Waals surface area contributed by atoms with Gasteiger partial charge in [0.15, 0.2) is 5.78 Å². The van der Waals surface area contributed by atoms with Gasteiger partial charge in [-0.25, -0.2) is 0 Å². The molecule has 0 aromatic carbocycles. The molecule has 0 heterocycles. The smallest absolute Gasteiger partial charge is 0.155 e. The Kier molecular flexibility index (Phi) is 2.78. The highest BCUT2D eigenvalue weighted by atomic mass is 16.1. The minimum Gasteiger partial charge on any atom is -0.295 e. The molecule has 0 N–H and O–H groups in total. The first-order valence-corrected chi connectivity index (χ1v) is 8.53. The van der Waals surface area contributed by atoms with E-state index in [-0.39, 0.29) is 0 Å². The van der Waals surface area contributed by atoms with Gasteiger partial charge in [0, 0.05) is 6.42 Å². The molecule has 0 amide bonds. The zero-order chi connectivity index (χ0) is 13.9. The monoisotopic (exact) mass is 270 g/mol. The number of ketones is 1. The largest absolute Gasteiger partial charge is 0.295 e. The molecule has 0 radical (unpaired) electrons. The van der Waals surface area contributed by atoms with Crippen LogP contribution in [0.5, 0.6) is 0 Å². The van der Waals surface area contributed by atoms with Gasteiger partial charge in [0.05, 0.1) is 0 Å². The van der Waals surface area contributed by atoms with Gasteiger partial charge in [0.25, 0.3) is 0 Å². The molecule has 4 aliphatic rings. The lowest BCUT2D eigenvalue weighted by molar-refractivity contribution is -0.116. The van der Waals surface area contributed by atoms with E-state index < -0.39 is 0 Å². The molecular formula is C19H26O. The molecule has 2 fully saturated rings. The molecule has 0 spiro atoms. The van der Waals surface area contributed by atoms with Gasteiger partial charge in [-0.3, -0.25) is 4.79 Å². The fourth-order valence-corrected chi connectivity index (χ4v) is 5.83. The molecular weight excluding hydrogens is 244 g/mol. The predicted molar refractivity (Wildman–Crippen MR) is 81.2 cm³/mol. The molecule has 5 atom stereocenters. The summed E-state index contributed by atoms with van der Waals surface area (Å²) in [4.78, 5) is 11.8. The normalized spacial score (nSPS) is 47.0. The maximum atomic E-state index is 11.8. The molecule has 1 heteroatoms. The molecule has 4 aliphatic carbocycles. The maximum Gasteiger partial charge on any atom is 0.155 e. The fraction of sp³-hybridized carbons (Fsp3) is 0.737. The summed E-state index contributed by atoms with van der Waals surface area (Å²) >= 11 is 0. The minimum atomic E-state index is 0.328. The van der Waals surface area contributed by atoms with E-state index in [1.165, 1.54) is 37.7 Å². The van der Waals surface area contributed by atoms with Gasteiger partial charge in [-0.05, 0) is 73.7 Å². The van der Waals surface area contributed by atoms with Crippen molar-refractivity contribution in [1.29, 1.82) is 0 Å². The summed E-state index contributed by atoms with van der Waals surface area (Å²) in [5, 5.41) is 0. The first-order chi connectivity index (χ1) is 9.59. The first kappa shape index (κ1) is 12.9. The van der Waals surface area contributed by atoms with Crippen molar-refractivity contribution in [2.24, 2.45) is 29.1 Å². The number of carbonyl (C=O) groups is 1. The summed E-state index contributed by atoms with van der Waals surface area (Å²) < 4.78 is 0. The number of fused-ring (bicyclic) bond motifs is 5. The van der Waals surface area contributed by atoms with Crippen LogP contribution in [-0.4, -0.2) is 5.78 Å². The molecule has 5 unspecified atom stereocenters. The van der Waals surface area contributed by atoms with E-state index in [4.69, 9.17) is 0 Å². The third kappa shape index (κ3) is 1.64. The summed E-state index contributed by atoms with van der Waals surface area (Å²) in [6.07, 6.45) is 13.0. The van der Waals surface area contributed by atoms with Gasteiger partial charge in [0.1, 0.15) is 0 Å². The quantitative estimate of drug-likeness (QED) is 0.584. The van der Waals surface area contributed by atoms with Crippen LogP contribution in [-0.2, 0) is 4.79 Å². The van der Waals surface area contributed by atoms with Crippen molar-refractivity contribution in [3.63, 3.8) is 0 Å². The summed E-state index contributed by atoms with van der Waals surface area (Å²) in [6.45, 7) is 4.89. The van der Waals surface area contributed by atoms with Crippen molar-refractivity contribution in [3.05, 3.63) is 23.3 Å². The van der Waals surface area contributed by atoms with Crippen LogP contribution in [0.15, 0.2) is 23.3 Å². The topological polar surface area (TPSA) is 17.1 Å². The molecule has 2 saturated carbocycles. The zero-order valence-corrected chi connectivity index (χ0v) is 12.8. The first-order valence-electron chi connectivity index (χ1n) is 8.53. The lowest BCUT2D eigenvalue weighted by Crippen LogP contribution is -2.45. The molecule has 0 aromatic heterocycles. The van der Waals surface area contributed by atoms with Crippen molar-refractivity contribution in [2.45, 2.75) is 58.8 Å². The second-order valence-corrected chi connectivity index (χ2v) is 7.91. The Morgan fingerprint density at radius 2 is 2.00 bits per heavy atom. The van der Waals surface area contributed by atoms with E-state index in [9.17, 15) is 4.79 Å². The Morgan fingerprint density at radius 3 is 2.85 bits per heavy atom. The van der Waals surface area contributed by atoms with Gasteiger partial charge in [0.2, 0.25) is 0 Å². The molecule has 20 heavy (non-hydrogen) atoms. The zero-order valence-electron chi connectivity index (χ0n) is 12.8. The predicted octanol–water partition coefficient (Wildman–Crippen LogP) is 4.68. The van der Waals surface area contributed by atoms with E-state index in [0.29, 0.717) is 11.2 Å². The highest BCUT2D eigenvalue weighted by Gasteiger charge is 2.51. The highest BCUT2D eigenvalue weighted by Crippen LogP contribution is 2.60. The van der Waals surface area contributed by atoms with Crippen LogP contribution in [0.2, 0.25) is 0 Å². The van der Waals surface area contributed by atoms with Crippen molar-refractivity contribution in [2.75, 3.05) is 0 Å². The number of rotatable bonds is 0. The Morgan fingerprint density at radius 1 is 1.15 bits per heavy atom. The van der Waals surface area contributed by atoms with Crippen molar-refractivity contribution in [3.8, 4) is 0 Å². The summed E-state index contributed by atoms with van der Waals surface area (Å²) in [5.74, 6) is 3.77. The van der Waals surface area contributed by atoms with E-state index >= 15 is 0 Å². The average Bonchev–Trinajstić information content (AvgIpc) is 2.82. The van der Waals surface area contributed by atoms with Gasteiger partial charge in [-0.1, -0.05) is 31.1 Å². The van der Waals surface area contributed by atoms with Crippen LogP contribution in [0.4, 0.5) is 0 Å². The fourth-order valence-electron chi connectivity index (χ4n) is 5.83. The van der Waals surface area contributed by atoms with E-state index in [2.05, 4.69) is 19.9 Å². The van der Waals surface area contributed by atoms with Gasteiger partial charge in [-0.15, -0.1) is 0 Å². The standard InChI is InChI=1S/C19H26O/c1-12-3-5-16-15(12)7-8-18-17(16)6-4-13-11-14(20)9-10-19(13,18)2/h5,11-12,15,17-18H,3-4,6-10H2,1-2H3. The Hall–Kier alpha value is -0.850. The third-order valence-electron chi connectivity index (χ3n) is 7.05. The summed E-state index contributed by atoms with van der Waals surface area (Å²) in [5.41, 5.74) is 3.63. The van der Waals surface area contributed by atoms with E-state index in [0.717, 1.165) is 36.5 Å². The van der Waals surface area contributed by atoms with Gasteiger partial charge < -0.3 is 0 Å². The summed E-state index contributed by atoms with van der Waals surface area (Å²) in [7, 11) is 0. The van der Waals surface area contributed by atoms with E-state index in [1.807, 2.05) is 11.6 Å². The lowest BCUT2D eigenvalue weighted by Gasteiger charge is -2.53. The number of carbonyl (C=O) groups excluding carboxylic acids is 1. The Labute approximate surface area is 122 Å². The van der Waals surface area contributed by atoms with Gasteiger partial charge >= 0.3 is 0 Å². The lowest BCUT2D eigenvalue weighted by atomic mass is 9.51. The van der Waals surface area contributed by atoms with Crippen LogP contribution < -0.4 is 0 Å². The minimum absolute atomic E-state index is 0.328. The molecule has 0 aromatic rings. The van der Waals surface area contributed by atoms with Crippen LogP contribution >= 0.6 is 0 Å². The Balaban J connectivity index is 1.70. The SMILES string of the molecule is CC1CC=C2C1CCC1C2CCC2=CC(=O)CCC21C. The van der Waals surface area contributed by atoms with Crippen molar-refractivity contribution < 1.29 is 4.79 Å².